The highest BCUT2D eigenvalue weighted by molar-refractivity contribution is 5.79. The van der Waals surface area contributed by atoms with Gasteiger partial charge >= 0.3 is 0 Å². The maximum atomic E-state index is 13.0. The fourth-order valence-electron chi connectivity index (χ4n) is 1.59. The molecule has 1 aromatic carbocycles. The molecule has 1 heterocycles. The Morgan fingerprint density at radius 1 is 1.37 bits per heavy atom. The third-order valence-corrected chi connectivity index (χ3v) is 2.60. The van der Waals surface area contributed by atoms with Crippen LogP contribution in [0, 0.1) is 11.6 Å². The summed E-state index contributed by atoms with van der Waals surface area (Å²) in [6, 6.07) is 2.58. The maximum absolute atomic E-state index is 13.0. The van der Waals surface area contributed by atoms with Crippen LogP contribution in [-0.4, -0.2) is 20.7 Å². The van der Waals surface area contributed by atoms with E-state index in [4.69, 9.17) is 0 Å². The van der Waals surface area contributed by atoms with E-state index in [1.807, 2.05) is 0 Å². The lowest BCUT2D eigenvalue weighted by Gasteiger charge is -2.12. The minimum Gasteiger partial charge on any atom is -0.350 e. The first-order chi connectivity index (χ1) is 9.06. The monoisotopic (exact) mass is 266 g/mol. The number of nitrogens with one attached hydrogen (secondary N) is 1. The van der Waals surface area contributed by atoms with Crippen LogP contribution >= 0.6 is 0 Å². The summed E-state index contributed by atoms with van der Waals surface area (Å²) < 4.78 is 27.3. The van der Waals surface area contributed by atoms with Crippen molar-refractivity contribution in [1.82, 2.24) is 20.1 Å². The van der Waals surface area contributed by atoms with Gasteiger partial charge in [0.15, 0.2) is 0 Å². The fraction of sp³-hybridized carbons (Fsp3) is 0.250. The highest BCUT2D eigenvalue weighted by Crippen LogP contribution is 2.08. The van der Waals surface area contributed by atoms with Gasteiger partial charge in [-0.1, -0.05) is 0 Å². The summed E-state index contributed by atoms with van der Waals surface area (Å²) in [6.07, 6.45) is 2.75. The summed E-state index contributed by atoms with van der Waals surface area (Å²) in [5, 5.41) is 6.43. The molecule has 1 aromatic heterocycles. The quantitative estimate of drug-likeness (QED) is 0.910. The Morgan fingerprint density at radius 2 is 2.05 bits per heavy atom. The molecule has 100 valence electrons. The lowest BCUT2D eigenvalue weighted by Crippen LogP contribution is -2.30. The zero-order chi connectivity index (χ0) is 13.8. The van der Waals surface area contributed by atoms with Gasteiger partial charge in [0.25, 0.3) is 0 Å². The van der Waals surface area contributed by atoms with E-state index in [-0.39, 0.29) is 12.5 Å². The third-order valence-electron chi connectivity index (χ3n) is 2.60. The van der Waals surface area contributed by atoms with Crippen LogP contribution < -0.4 is 5.32 Å². The van der Waals surface area contributed by atoms with Crippen LogP contribution in [-0.2, 0) is 11.3 Å². The number of hydrogen-bond acceptors (Lipinski definition) is 3. The molecule has 1 amide bonds. The average Bonchev–Trinajstić information content (AvgIpc) is 2.87. The van der Waals surface area contributed by atoms with Crippen molar-refractivity contribution in [3.63, 3.8) is 0 Å². The number of carbonyl (C=O) groups is 1. The number of amides is 1. The molecular formula is C12H12F2N4O. The van der Waals surface area contributed by atoms with Gasteiger partial charge in [0.1, 0.15) is 30.3 Å². The van der Waals surface area contributed by atoms with E-state index < -0.39 is 17.7 Å². The van der Waals surface area contributed by atoms with Crippen LogP contribution in [0.25, 0.3) is 0 Å². The topological polar surface area (TPSA) is 59.8 Å². The molecule has 1 unspecified atom stereocenters. The van der Waals surface area contributed by atoms with Crippen molar-refractivity contribution in [2.24, 2.45) is 0 Å². The lowest BCUT2D eigenvalue weighted by atomic mass is 10.2. The highest BCUT2D eigenvalue weighted by atomic mass is 19.1. The van der Waals surface area contributed by atoms with Crippen LogP contribution in [0.2, 0.25) is 0 Å². The molecular weight excluding hydrogens is 254 g/mol. The Balaban J connectivity index is 1.96. The molecule has 0 spiro atoms. The van der Waals surface area contributed by atoms with E-state index in [0.29, 0.717) is 5.56 Å². The van der Waals surface area contributed by atoms with Crippen LogP contribution in [0.15, 0.2) is 30.9 Å². The van der Waals surface area contributed by atoms with Crippen molar-refractivity contribution in [2.75, 3.05) is 0 Å². The van der Waals surface area contributed by atoms with Gasteiger partial charge in [-0.05, 0) is 24.6 Å². The van der Waals surface area contributed by atoms with E-state index >= 15 is 0 Å². The highest BCUT2D eigenvalue weighted by Gasteiger charge is 2.14. The van der Waals surface area contributed by atoms with E-state index in [0.717, 1.165) is 6.07 Å². The normalized spacial score (nSPS) is 12.2. The molecule has 1 N–H and O–H groups in total. The number of nitrogens with zero attached hydrogens (tertiary/aromatic N) is 3. The van der Waals surface area contributed by atoms with E-state index in [1.54, 1.807) is 6.92 Å². The van der Waals surface area contributed by atoms with Gasteiger partial charge < -0.3 is 5.32 Å². The molecule has 0 bridgehead atoms. The number of halogens is 2. The minimum absolute atomic E-state index is 0.0482. The van der Waals surface area contributed by atoms with Gasteiger partial charge in [-0.25, -0.2) is 18.4 Å². The molecule has 0 radical (unpaired) electrons. The molecule has 19 heavy (non-hydrogen) atoms. The van der Waals surface area contributed by atoms with E-state index in [9.17, 15) is 13.6 Å². The van der Waals surface area contributed by atoms with Gasteiger partial charge in [0.2, 0.25) is 5.91 Å². The fourth-order valence-corrected chi connectivity index (χ4v) is 1.59. The zero-order valence-corrected chi connectivity index (χ0v) is 10.2. The Labute approximate surface area is 108 Å². The predicted octanol–water partition coefficient (Wildman–Crippen LogP) is 1.43. The first-order valence-corrected chi connectivity index (χ1v) is 5.63. The van der Waals surface area contributed by atoms with Crippen LogP contribution in [0.5, 0.6) is 0 Å². The molecule has 0 aliphatic rings. The Hall–Kier alpha value is -2.31. The molecule has 0 saturated carbocycles. The summed E-state index contributed by atoms with van der Waals surface area (Å²) in [4.78, 5) is 15.5. The summed E-state index contributed by atoms with van der Waals surface area (Å²) in [7, 11) is 0. The van der Waals surface area contributed by atoms with E-state index in [2.05, 4.69) is 15.4 Å². The maximum Gasteiger partial charge on any atom is 0.244 e. The molecule has 2 aromatic rings. The van der Waals surface area contributed by atoms with Crippen molar-refractivity contribution < 1.29 is 13.6 Å². The Bertz CT molecular complexity index is 551. The predicted molar refractivity (Wildman–Crippen MR) is 62.9 cm³/mol. The smallest absolute Gasteiger partial charge is 0.244 e. The zero-order valence-electron chi connectivity index (χ0n) is 10.2. The van der Waals surface area contributed by atoms with Crippen molar-refractivity contribution in [1.29, 1.82) is 0 Å². The second-order valence-corrected chi connectivity index (χ2v) is 4.05. The van der Waals surface area contributed by atoms with Crippen molar-refractivity contribution in [3.05, 3.63) is 48.1 Å². The van der Waals surface area contributed by atoms with Gasteiger partial charge in [-0.3, -0.25) is 4.79 Å². The van der Waals surface area contributed by atoms with Crippen LogP contribution in [0.1, 0.15) is 18.5 Å². The van der Waals surface area contributed by atoms with Gasteiger partial charge in [-0.2, -0.15) is 5.10 Å². The third kappa shape index (κ3) is 3.34. The molecule has 0 aliphatic carbocycles. The number of benzene rings is 1. The van der Waals surface area contributed by atoms with E-state index in [1.165, 1.54) is 29.5 Å². The summed E-state index contributed by atoms with van der Waals surface area (Å²) in [5.41, 5.74) is 0.358. The summed E-state index contributed by atoms with van der Waals surface area (Å²) >= 11 is 0. The largest absolute Gasteiger partial charge is 0.350 e. The Kier molecular flexibility index (Phi) is 3.84. The van der Waals surface area contributed by atoms with Gasteiger partial charge in [0.05, 0.1) is 0 Å². The summed E-state index contributed by atoms with van der Waals surface area (Å²) in [5.74, 6) is -1.66. The minimum atomic E-state index is -0.673. The van der Waals surface area contributed by atoms with Crippen molar-refractivity contribution >= 4 is 5.91 Å². The first kappa shape index (κ1) is 13.1. The molecule has 0 saturated heterocycles. The second-order valence-electron chi connectivity index (χ2n) is 4.05. The first-order valence-electron chi connectivity index (χ1n) is 5.63. The lowest BCUT2D eigenvalue weighted by molar-refractivity contribution is -0.124. The van der Waals surface area contributed by atoms with Crippen molar-refractivity contribution in [2.45, 2.75) is 19.5 Å². The molecule has 7 heteroatoms. The summed E-state index contributed by atoms with van der Waals surface area (Å²) in [6.45, 7) is 1.70. The van der Waals surface area contributed by atoms with Gasteiger partial charge in [0, 0.05) is 12.6 Å². The number of carbonyl (C=O) groups excluding carboxylic acids is 1. The van der Waals surface area contributed by atoms with Gasteiger partial charge in [-0.15, -0.1) is 0 Å². The second kappa shape index (κ2) is 5.55. The Morgan fingerprint density at radius 3 is 2.63 bits per heavy atom. The molecule has 5 nitrogen and oxygen atoms in total. The number of aromatic nitrogens is 3. The standard InChI is InChI=1S/C12H12F2N4O/c1-8(18-7-15-6-17-18)12(19)16-5-9-2-10(13)4-11(14)3-9/h2-4,6-8H,5H2,1H3,(H,16,19). The van der Waals surface area contributed by atoms with Crippen LogP contribution in [0.3, 0.4) is 0 Å². The SMILES string of the molecule is CC(C(=O)NCc1cc(F)cc(F)c1)n1cncn1. The average molecular weight is 266 g/mol. The molecule has 0 fully saturated rings. The van der Waals surface area contributed by atoms with Crippen molar-refractivity contribution in [3.8, 4) is 0 Å². The molecule has 0 aliphatic heterocycles. The molecule has 2 rings (SSSR count). The van der Waals surface area contributed by atoms with Crippen LogP contribution in [0.4, 0.5) is 8.78 Å². The number of rotatable bonds is 4. The number of hydrogen-bond donors (Lipinski definition) is 1. The molecule has 1 atom stereocenters.